The summed E-state index contributed by atoms with van der Waals surface area (Å²) >= 11 is 6.25. The Morgan fingerprint density at radius 3 is 2.77 bits per heavy atom. The quantitative estimate of drug-likeness (QED) is 0.731. The molecule has 4 rings (SSSR count). The number of likely N-dealkylation sites (tertiary alicyclic amines) is 1. The van der Waals surface area contributed by atoms with Gasteiger partial charge in [-0.3, -0.25) is 9.89 Å². The van der Waals surface area contributed by atoms with Crippen LogP contribution in [0.1, 0.15) is 30.3 Å². The van der Waals surface area contributed by atoms with Crippen molar-refractivity contribution in [2.24, 2.45) is 0 Å². The lowest BCUT2D eigenvalue weighted by Crippen LogP contribution is -2.39. The van der Waals surface area contributed by atoms with Crippen LogP contribution in [-0.2, 0) is 11.2 Å². The van der Waals surface area contributed by atoms with Gasteiger partial charge in [-0.2, -0.15) is 10.3 Å². The van der Waals surface area contributed by atoms with Crippen LogP contribution in [0.5, 0.6) is 0 Å². The second-order valence-electron chi connectivity index (χ2n) is 6.35. The fourth-order valence-corrected chi connectivity index (χ4v) is 3.53. The van der Waals surface area contributed by atoms with Crippen molar-refractivity contribution in [2.45, 2.75) is 25.2 Å². The molecular weight excluding hydrogens is 354 g/mol. The molecule has 0 atom stereocenters. The topological polar surface area (TPSA) is 103 Å². The van der Waals surface area contributed by atoms with Crippen molar-refractivity contribution in [1.82, 2.24) is 35.7 Å². The van der Waals surface area contributed by atoms with Crippen molar-refractivity contribution in [2.75, 3.05) is 13.1 Å². The van der Waals surface area contributed by atoms with Crippen LogP contribution in [0, 0.1) is 0 Å². The fourth-order valence-electron chi connectivity index (χ4n) is 3.30. The molecule has 3 heterocycles. The van der Waals surface area contributed by atoms with Gasteiger partial charge in [0.2, 0.25) is 5.91 Å². The summed E-state index contributed by atoms with van der Waals surface area (Å²) in [6.45, 7) is 1.42. The number of nitrogens with one attached hydrogen (secondary N) is 2. The first-order valence-corrected chi connectivity index (χ1v) is 8.89. The number of nitrogens with zero attached hydrogens (tertiary/aromatic N) is 5. The lowest BCUT2D eigenvalue weighted by atomic mass is 9.93. The van der Waals surface area contributed by atoms with Crippen molar-refractivity contribution in [3.8, 4) is 11.3 Å². The Hall–Kier alpha value is -2.74. The number of aromatic amines is 2. The van der Waals surface area contributed by atoms with Gasteiger partial charge in [-0.25, -0.2) is 0 Å². The third kappa shape index (κ3) is 3.45. The smallest absolute Gasteiger partial charge is 0.230 e. The molecule has 0 aliphatic carbocycles. The normalized spacial score (nSPS) is 15.3. The van der Waals surface area contributed by atoms with Gasteiger partial charge in [0.25, 0.3) is 0 Å². The largest absolute Gasteiger partial charge is 0.342 e. The molecule has 2 N–H and O–H groups in total. The van der Waals surface area contributed by atoms with Crippen molar-refractivity contribution >= 4 is 17.5 Å². The highest BCUT2D eigenvalue weighted by Crippen LogP contribution is 2.31. The summed E-state index contributed by atoms with van der Waals surface area (Å²) in [6, 6.07) is 9.73. The standard InChI is InChI=1S/C17H18ClN7O/c18-13-4-2-1-3-12(13)15-9-14(19-20-15)11-5-7-25(8-6-11)17(26)10-16-21-23-24-22-16/h1-4,9,11H,5-8,10H2,(H,19,20)(H,21,22,23,24). The van der Waals surface area contributed by atoms with Crippen LogP contribution in [0.4, 0.5) is 0 Å². The molecule has 0 radical (unpaired) electrons. The number of halogens is 1. The Kier molecular flexibility index (Phi) is 4.66. The maximum absolute atomic E-state index is 12.3. The molecule has 2 aromatic heterocycles. The lowest BCUT2D eigenvalue weighted by molar-refractivity contribution is -0.131. The van der Waals surface area contributed by atoms with E-state index in [2.05, 4.69) is 36.9 Å². The predicted octanol–water partition coefficient (Wildman–Crippen LogP) is 2.19. The summed E-state index contributed by atoms with van der Waals surface area (Å²) in [7, 11) is 0. The minimum absolute atomic E-state index is 0.0335. The zero-order valence-corrected chi connectivity index (χ0v) is 14.8. The van der Waals surface area contributed by atoms with E-state index < -0.39 is 0 Å². The van der Waals surface area contributed by atoms with E-state index in [9.17, 15) is 4.79 Å². The zero-order chi connectivity index (χ0) is 17.9. The highest BCUT2D eigenvalue weighted by Gasteiger charge is 2.26. The Labute approximate surface area is 154 Å². The Morgan fingerprint density at radius 2 is 2.04 bits per heavy atom. The summed E-state index contributed by atoms with van der Waals surface area (Å²) < 4.78 is 0. The molecule has 0 unspecified atom stereocenters. The first kappa shape index (κ1) is 16.7. The third-order valence-corrected chi connectivity index (χ3v) is 5.06. The van der Waals surface area contributed by atoms with Crippen LogP contribution in [0.3, 0.4) is 0 Å². The van der Waals surface area contributed by atoms with Gasteiger partial charge < -0.3 is 4.90 Å². The molecule has 3 aromatic rings. The van der Waals surface area contributed by atoms with Crippen molar-refractivity contribution in [3.63, 3.8) is 0 Å². The number of aromatic nitrogens is 6. The monoisotopic (exact) mass is 371 g/mol. The van der Waals surface area contributed by atoms with Crippen LogP contribution in [0.25, 0.3) is 11.3 Å². The first-order chi connectivity index (χ1) is 12.7. The van der Waals surface area contributed by atoms with Crippen LogP contribution < -0.4 is 0 Å². The first-order valence-electron chi connectivity index (χ1n) is 8.51. The summed E-state index contributed by atoms with van der Waals surface area (Å²) in [5, 5.41) is 21.7. The van der Waals surface area contributed by atoms with Gasteiger partial charge >= 0.3 is 0 Å². The zero-order valence-electron chi connectivity index (χ0n) is 14.0. The molecular formula is C17H18ClN7O. The van der Waals surface area contributed by atoms with Crippen molar-refractivity contribution < 1.29 is 4.79 Å². The van der Waals surface area contributed by atoms with Gasteiger partial charge in [-0.1, -0.05) is 35.0 Å². The molecule has 1 fully saturated rings. The van der Waals surface area contributed by atoms with Gasteiger partial charge in [-0.05, 0) is 25.0 Å². The van der Waals surface area contributed by atoms with Crippen LogP contribution >= 0.6 is 11.6 Å². The number of piperidine rings is 1. The summed E-state index contributed by atoms with van der Waals surface area (Å²) in [4.78, 5) is 14.2. The van der Waals surface area contributed by atoms with E-state index in [1.807, 2.05) is 29.2 Å². The Bertz CT molecular complexity index is 884. The number of rotatable bonds is 4. The molecule has 134 valence electrons. The highest BCUT2D eigenvalue weighted by molar-refractivity contribution is 6.33. The molecule has 1 aliphatic rings. The second-order valence-corrected chi connectivity index (χ2v) is 6.76. The highest BCUT2D eigenvalue weighted by atomic mass is 35.5. The van der Waals surface area contributed by atoms with Gasteiger partial charge in [0.05, 0.1) is 17.1 Å². The summed E-state index contributed by atoms with van der Waals surface area (Å²) in [6.07, 6.45) is 1.96. The number of hydrogen-bond donors (Lipinski definition) is 2. The van der Waals surface area contributed by atoms with Crippen LogP contribution in [-0.4, -0.2) is 54.7 Å². The average molecular weight is 372 g/mol. The number of amides is 1. The number of carbonyl (C=O) groups excluding carboxylic acids is 1. The fraction of sp³-hybridized carbons (Fsp3) is 0.353. The maximum Gasteiger partial charge on any atom is 0.230 e. The van der Waals surface area contributed by atoms with E-state index in [0.717, 1.165) is 29.8 Å². The second kappa shape index (κ2) is 7.25. The van der Waals surface area contributed by atoms with E-state index >= 15 is 0 Å². The number of carbonyl (C=O) groups is 1. The van der Waals surface area contributed by atoms with Crippen LogP contribution in [0.15, 0.2) is 30.3 Å². The molecule has 1 amide bonds. The number of benzene rings is 1. The van der Waals surface area contributed by atoms with E-state index in [4.69, 9.17) is 11.6 Å². The van der Waals surface area contributed by atoms with Gasteiger partial charge in [0, 0.05) is 30.3 Å². The molecule has 1 aliphatic heterocycles. The van der Waals surface area contributed by atoms with Gasteiger partial charge in [0.15, 0.2) is 5.82 Å². The number of H-pyrrole nitrogens is 2. The molecule has 26 heavy (non-hydrogen) atoms. The molecule has 1 saturated heterocycles. The number of tetrazole rings is 1. The molecule has 0 bridgehead atoms. The maximum atomic E-state index is 12.3. The van der Waals surface area contributed by atoms with E-state index in [-0.39, 0.29) is 12.3 Å². The van der Waals surface area contributed by atoms with Crippen LogP contribution in [0.2, 0.25) is 5.02 Å². The predicted molar refractivity (Wildman–Crippen MR) is 95.5 cm³/mol. The average Bonchev–Trinajstić information content (AvgIpc) is 3.34. The van der Waals surface area contributed by atoms with Gasteiger partial charge in [0.1, 0.15) is 0 Å². The SMILES string of the molecule is O=C(Cc1nn[nH]n1)N1CCC(c2cc(-c3ccccc3Cl)n[nH]2)CC1. The van der Waals surface area contributed by atoms with Crippen molar-refractivity contribution in [3.05, 3.63) is 46.9 Å². The Morgan fingerprint density at radius 1 is 1.23 bits per heavy atom. The van der Waals surface area contributed by atoms with E-state index in [0.29, 0.717) is 29.9 Å². The molecule has 0 spiro atoms. The minimum atomic E-state index is 0.0335. The van der Waals surface area contributed by atoms with Gasteiger partial charge in [-0.15, -0.1) is 10.2 Å². The van der Waals surface area contributed by atoms with Crippen molar-refractivity contribution in [1.29, 1.82) is 0 Å². The number of hydrogen-bond acceptors (Lipinski definition) is 5. The third-order valence-electron chi connectivity index (χ3n) is 4.73. The summed E-state index contributed by atoms with van der Waals surface area (Å²) in [5.41, 5.74) is 2.86. The van der Waals surface area contributed by atoms with E-state index in [1.54, 1.807) is 0 Å². The van der Waals surface area contributed by atoms with E-state index in [1.165, 1.54) is 0 Å². The molecule has 8 nitrogen and oxygen atoms in total. The molecule has 0 saturated carbocycles. The molecule has 1 aromatic carbocycles. The molecule has 9 heteroatoms. The minimum Gasteiger partial charge on any atom is -0.342 e. The lowest BCUT2D eigenvalue weighted by Gasteiger charge is -2.31. The summed E-state index contributed by atoms with van der Waals surface area (Å²) in [5.74, 6) is 0.814. The Balaban J connectivity index is 1.38.